The van der Waals surface area contributed by atoms with Gasteiger partial charge in [0.1, 0.15) is 17.2 Å². The van der Waals surface area contributed by atoms with Crippen LogP contribution in [-0.4, -0.2) is 57.7 Å². The Balaban J connectivity index is 1.40. The maximum atomic E-state index is 13.3. The van der Waals surface area contributed by atoms with Crippen molar-refractivity contribution in [2.75, 3.05) is 37.6 Å². The lowest BCUT2D eigenvalue weighted by Gasteiger charge is -2.40. The van der Waals surface area contributed by atoms with Crippen LogP contribution in [0.25, 0.3) is 11.4 Å². The standard InChI is InChI=1S/C27H28FN5O/c1-20-25(31-26(30-20)21-6-5-13-29-18-21)27(34,22-7-3-2-4-8-22)19-32-14-16-33(17-15-32)24-11-9-23(28)10-12-24/h2-13,18,34H,14-17,19H2,1H3,(H,30,31). The van der Waals surface area contributed by atoms with E-state index in [0.29, 0.717) is 18.1 Å². The molecule has 1 aliphatic rings. The number of aliphatic hydroxyl groups is 1. The van der Waals surface area contributed by atoms with Crippen LogP contribution in [0.15, 0.2) is 79.1 Å². The van der Waals surface area contributed by atoms with Gasteiger partial charge in [-0.2, -0.15) is 0 Å². The van der Waals surface area contributed by atoms with E-state index in [1.807, 2.05) is 61.5 Å². The van der Waals surface area contributed by atoms with Gasteiger partial charge in [0.05, 0.1) is 5.69 Å². The average Bonchev–Trinajstić information content (AvgIpc) is 3.28. The predicted molar refractivity (Wildman–Crippen MR) is 131 cm³/mol. The van der Waals surface area contributed by atoms with Crippen molar-refractivity contribution in [3.63, 3.8) is 0 Å². The Bertz CT molecular complexity index is 1220. The molecular formula is C27H28FN5O. The molecule has 1 atom stereocenters. The maximum absolute atomic E-state index is 13.3. The van der Waals surface area contributed by atoms with Crippen LogP contribution in [-0.2, 0) is 5.60 Å². The molecule has 0 amide bonds. The van der Waals surface area contributed by atoms with Crippen LogP contribution in [0, 0.1) is 12.7 Å². The van der Waals surface area contributed by atoms with Crippen LogP contribution in [0.1, 0.15) is 17.0 Å². The molecule has 4 aromatic rings. The van der Waals surface area contributed by atoms with E-state index in [0.717, 1.165) is 48.7 Å². The van der Waals surface area contributed by atoms with Gasteiger partial charge in [-0.1, -0.05) is 30.3 Å². The molecule has 0 saturated carbocycles. The quantitative estimate of drug-likeness (QED) is 0.459. The Morgan fingerprint density at radius 1 is 0.971 bits per heavy atom. The van der Waals surface area contributed by atoms with Gasteiger partial charge in [0.15, 0.2) is 0 Å². The van der Waals surface area contributed by atoms with E-state index in [4.69, 9.17) is 4.98 Å². The van der Waals surface area contributed by atoms with Gasteiger partial charge in [0, 0.05) is 62.1 Å². The Morgan fingerprint density at radius 2 is 1.71 bits per heavy atom. The molecule has 1 unspecified atom stereocenters. The summed E-state index contributed by atoms with van der Waals surface area (Å²) in [7, 11) is 0. The Hall–Kier alpha value is -3.55. The first-order valence-corrected chi connectivity index (χ1v) is 11.5. The third-order valence-corrected chi connectivity index (χ3v) is 6.48. The highest BCUT2D eigenvalue weighted by atomic mass is 19.1. The lowest BCUT2D eigenvalue weighted by atomic mass is 9.88. The highest BCUT2D eigenvalue weighted by Gasteiger charge is 2.38. The van der Waals surface area contributed by atoms with E-state index in [9.17, 15) is 9.50 Å². The number of H-pyrrole nitrogens is 1. The highest BCUT2D eigenvalue weighted by molar-refractivity contribution is 5.55. The number of halogens is 1. The second kappa shape index (κ2) is 9.37. The van der Waals surface area contributed by atoms with E-state index in [1.165, 1.54) is 12.1 Å². The van der Waals surface area contributed by atoms with Crippen LogP contribution < -0.4 is 4.90 Å². The van der Waals surface area contributed by atoms with Crippen molar-refractivity contribution in [3.8, 4) is 11.4 Å². The summed E-state index contributed by atoms with van der Waals surface area (Å²) >= 11 is 0. The minimum Gasteiger partial charge on any atom is -0.377 e. The zero-order chi connectivity index (χ0) is 23.5. The average molecular weight is 458 g/mol. The number of β-amino-alcohol motifs (C(OH)–C–C–N with tert-alkyl or cyclic N) is 1. The fourth-order valence-electron chi connectivity index (χ4n) is 4.66. The third-order valence-electron chi connectivity index (χ3n) is 6.48. The molecule has 0 bridgehead atoms. The van der Waals surface area contributed by atoms with Gasteiger partial charge < -0.3 is 15.0 Å². The fourth-order valence-corrected chi connectivity index (χ4v) is 4.66. The Morgan fingerprint density at radius 3 is 2.38 bits per heavy atom. The summed E-state index contributed by atoms with van der Waals surface area (Å²) in [5.41, 5.74) is 2.88. The highest BCUT2D eigenvalue weighted by Crippen LogP contribution is 2.33. The van der Waals surface area contributed by atoms with Crippen molar-refractivity contribution >= 4 is 5.69 Å². The first-order valence-electron chi connectivity index (χ1n) is 11.5. The molecule has 3 heterocycles. The van der Waals surface area contributed by atoms with E-state index >= 15 is 0 Å². The Labute approximate surface area is 198 Å². The lowest BCUT2D eigenvalue weighted by Crippen LogP contribution is -2.51. The van der Waals surface area contributed by atoms with Gasteiger partial charge in [-0.3, -0.25) is 9.88 Å². The number of hydrogen-bond donors (Lipinski definition) is 2. The van der Waals surface area contributed by atoms with Crippen LogP contribution >= 0.6 is 0 Å². The number of rotatable bonds is 6. The predicted octanol–water partition coefficient (Wildman–Crippen LogP) is 3.98. The van der Waals surface area contributed by atoms with Crippen LogP contribution in [0.4, 0.5) is 10.1 Å². The van der Waals surface area contributed by atoms with Gasteiger partial charge in [0.2, 0.25) is 0 Å². The number of aryl methyl sites for hydroxylation is 1. The molecule has 34 heavy (non-hydrogen) atoms. The topological polar surface area (TPSA) is 68.3 Å². The largest absolute Gasteiger partial charge is 0.377 e. The zero-order valence-corrected chi connectivity index (χ0v) is 19.2. The third kappa shape index (κ3) is 4.44. The maximum Gasteiger partial charge on any atom is 0.146 e. The molecule has 6 nitrogen and oxygen atoms in total. The summed E-state index contributed by atoms with van der Waals surface area (Å²) in [5.74, 6) is 0.464. The molecule has 0 aliphatic carbocycles. The van der Waals surface area contributed by atoms with E-state index < -0.39 is 5.60 Å². The number of aromatic amines is 1. The van der Waals surface area contributed by atoms with E-state index in [-0.39, 0.29) is 5.82 Å². The summed E-state index contributed by atoms with van der Waals surface area (Å²) in [4.78, 5) is 16.9. The normalized spacial score (nSPS) is 16.4. The van der Waals surface area contributed by atoms with Crippen molar-refractivity contribution in [2.45, 2.75) is 12.5 Å². The number of nitrogens with one attached hydrogen (secondary N) is 1. The summed E-state index contributed by atoms with van der Waals surface area (Å²) in [5, 5.41) is 12.2. The SMILES string of the molecule is Cc1[nH]c(-c2cccnc2)nc1C(O)(CN1CCN(c2ccc(F)cc2)CC1)c1ccccc1. The van der Waals surface area contributed by atoms with Crippen molar-refractivity contribution < 1.29 is 9.50 Å². The number of aromatic nitrogens is 3. The molecule has 1 saturated heterocycles. The van der Waals surface area contributed by atoms with Crippen molar-refractivity contribution in [2.24, 2.45) is 0 Å². The molecule has 2 N–H and O–H groups in total. The smallest absolute Gasteiger partial charge is 0.146 e. The molecule has 174 valence electrons. The second-order valence-corrected chi connectivity index (χ2v) is 8.77. The number of hydrogen-bond acceptors (Lipinski definition) is 5. The number of pyridine rings is 1. The first kappa shape index (κ1) is 22.3. The number of nitrogens with zero attached hydrogens (tertiary/aromatic N) is 4. The van der Waals surface area contributed by atoms with Gasteiger partial charge in [-0.05, 0) is 48.9 Å². The van der Waals surface area contributed by atoms with Crippen LogP contribution in [0.5, 0.6) is 0 Å². The summed E-state index contributed by atoms with van der Waals surface area (Å²) in [6, 6.07) is 20.2. The summed E-state index contributed by atoms with van der Waals surface area (Å²) in [6.07, 6.45) is 3.49. The lowest BCUT2D eigenvalue weighted by molar-refractivity contribution is 0.0299. The monoisotopic (exact) mass is 457 g/mol. The van der Waals surface area contributed by atoms with E-state index in [1.54, 1.807) is 12.4 Å². The number of benzene rings is 2. The van der Waals surface area contributed by atoms with Gasteiger partial charge >= 0.3 is 0 Å². The number of piperazine rings is 1. The van der Waals surface area contributed by atoms with E-state index in [2.05, 4.69) is 19.8 Å². The minimum absolute atomic E-state index is 0.227. The summed E-state index contributed by atoms with van der Waals surface area (Å²) < 4.78 is 13.3. The molecular weight excluding hydrogens is 429 g/mol. The van der Waals surface area contributed by atoms with Gasteiger partial charge in [0.25, 0.3) is 0 Å². The minimum atomic E-state index is -1.28. The molecule has 5 rings (SSSR count). The van der Waals surface area contributed by atoms with Crippen molar-refractivity contribution in [1.82, 2.24) is 19.9 Å². The van der Waals surface area contributed by atoms with Crippen molar-refractivity contribution in [3.05, 3.63) is 102 Å². The molecule has 0 radical (unpaired) electrons. The van der Waals surface area contributed by atoms with Gasteiger partial charge in [-0.15, -0.1) is 0 Å². The molecule has 1 aliphatic heterocycles. The Kier molecular flexibility index (Phi) is 6.13. The second-order valence-electron chi connectivity index (χ2n) is 8.77. The van der Waals surface area contributed by atoms with Crippen LogP contribution in [0.3, 0.4) is 0 Å². The number of imidazole rings is 1. The van der Waals surface area contributed by atoms with Gasteiger partial charge in [-0.25, -0.2) is 9.37 Å². The molecule has 7 heteroatoms. The molecule has 2 aromatic carbocycles. The molecule has 0 spiro atoms. The fraction of sp³-hybridized carbons (Fsp3) is 0.259. The summed E-state index contributed by atoms with van der Waals surface area (Å²) in [6.45, 7) is 5.54. The molecule has 2 aromatic heterocycles. The number of anilines is 1. The van der Waals surface area contributed by atoms with Crippen LogP contribution in [0.2, 0.25) is 0 Å². The zero-order valence-electron chi connectivity index (χ0n) is 19.2. The van der Waals surface area contributed by atoms with Crippen molar-refractivity contribution in [1.29, 1.82) is 0 Å². The first-order chi connectivity index (χ1) is 16.5. The molecule has 1 fully saturated rings.